The Labute approximate surface area is 120 Å². The van der Waals surface area contributed by atoms with E-state index in [1.165, 1.54) is 11.6 Å². The van der Waals surface area contributed by atoms with Crippen LogP contribution in [-0.2, 0) is 11.3 Å². The number of carbonyl (C=O) groups is 1. The van der Waals surface area contributed by atoms with Crippen molar-refractivity contribution in [2.75, 3.05) is 0 Å². The molecule has 0 bridgehead atoms. The quantitative estimate of drug-likeness (QED) is 0.868. The Morgan fingerprint density at radius 1 is 1.35 bits per heavy atom. The van der Waals surface area contributed by atoms with Gasteiger partial charge in [-0.1, -0.05) is 11.6 Å². The van der Waals surface area contributed by atoms with Gasteiger partial charge in [-0.2, -0.15) is 0 Å². The summed E-state index contributed by atoms with van der Waals surface area (Å²) in [7, 11) is 0. The SMILES string of the molecule is CC(=O)Cn1nc(-c2ccc(Cl)cc2)n(C2CC2)c1=O. The van der Waals surface area contributed by atoms with E-state index >= 15 is 0 Å². The first-order valence-electron chi connectivity index (χ1n) is 6.51. The number of hydrogen-bond acceptors (Lipinski definition) is 3. The highest BCUT2D eigenvalue weighted by Crippen LogP contribution is 2.36. The Morgan fingerprint density at radius 3 is 2.55 bits per heavy atom. The molecule has 0 N–H and O–H groups in total. The van der Waals surface area contributed by atoms with E-state index in [9.17, 15) is 9.59 Å². The van der Waals surface area contributed by atoms with Crippen molar-refractivity contribution in [3.63, 3.8) is 0 Å². The lowest BCUT2D eigenvalue weighted by Gasteiger charge is -2.03. The van der Waals surface area contributed by atoms with Crippen molar-refractivity contribution < 1.29 is 4.79 Å². The molecule has 0 spiro atoms. The van der Waals surface area contributed by atoms with Crippen molar-refractivity contribution in [3.05, 3.63) is 39.8 Å². The Kier molecular flexibility index (Phi) is 3.22. The zero-order valence-corrected chi connectivity index (χ0v) is 11.8. The minimum atomic E-state index is -0.215. The maximum atomic E-state index is 12.3. The van der Waals surface area contributed by atoms with Crippen LogP contribution in [0, 0.1) is 0 Å². The summed E-state index contributed by atoms with van der Waals surface area (Å²) in [5.41, 5.74) is 0.619. The van der Waals surface area contributed by atoms with Crippen LogP contribution < -0.4 is 5.69 Å². The minimum absolute atomic E-state index is 0.0130. The van der Waals surface area contributed by atoms with Gasteiger partial charge in [0.15, 0.2) is 11.6 Å². The molecule has 0 aliphatic heterocycles. The van der Waals surface area contributed by atoms with Crippen LogP contribution in [0.15, 0.2) is 29.1 Å². The Bertz CT molecular complexity index is 711. The third kappa shape index (κ3) is 2.41. The highest BCUT2D eigenvalue weighted by molar-refractivity contribution is 6.30. The molecule has 1 heterocycles. The molecule has 1 saturated carbocycles. The first-order chi connectivity index (χ1) is 9.56. The minimum Gasteiger partial charge on any atom is -0.298 e. The smallest absolute Gasteiger partial charge is 0.298 e. The zero-order valence-electron chi connectivity index (χ0n) is 11.0. The molecule has 6 heteroatoms. The van der Waals surface area contributed by atoms with Crippen molar-refractivity contribution in [3.8, 4) is 11.4 Å². The fraction of sp³-hybridized carbons (Fsp3) is 0.357. The molecule has 0 saturated heterocycles. The number of nitrogens with zero attached hydrogens (tertiary/aromatic N) is 3. The van der Waals surface area contributed by atoms with Crippen LogP contribution in [0.4, 0.5) is 0 Å². The van der Waals surface area contributed by atoms with Crippen LogP contribution in [0.3, 0.4) is 0 Å². The molecule has 104 valence electrons. The van der Waals surface area contributed by atoms with Gasteiger partial charge in [-0.3, -0.25) is 9.36 Å². The molecule has 1 aliphatic rings. The summed E-state index contributed by atoms with van der Waals surface area (Å²) < 4.78 is 2.93. The highest BCUT2D eigenvalue weighted by Gasteiger charge is 2.30. The molecular weight excluding hydrogens is 278 g/mol. The van der Waals surface area contributed by atoms with E-state index in [0.717, 1.165) is 18.4 Å². The lowest BCUT2D eigenvalue weighted by molar-refractivity contribution is -0.117. The molecule has 1 aromatic heterocycles. The first-order valence-corrected chi connectivity index (χ1v) is 6.89. The van der Waals surface area contributed by atoms with Crippen LogP contribution in [0.25, 0.3) is 11.4 Å². The van der Waals surface area contributed by atoms with Crippen molar-refractivity contribution in [2.45, 2.75) is 32.4 Å². The standard InChI is InChI=1S/C14H14ClN3O2/c1-9(19)8-17-14(20)18(12-6-7-12)13(16-17)10-2-4-11(15)5-3-10/h2-5,12H,6-8H2,1H3. The second-order valence-corrected chi connectivity index (χ2v) is 5.51. The fourth-order valence-electron chi connectivity index (χ4n) is 2.19. The first kappa shape index (κ1) is 13.1. The van der Waals surface area contributed by atoms with Gasteiger partial charge in [0.05, 0.1) is 0 Å². The van der Waals surface area contributed by atoms with Crippen LogP contribution >= 0.6 is 11.6 Å². The van der Waals surface area contributed by atoms with Crippen LogP contribution in [-0.4, -0.2) is 20.1 Å². The van der Waals surface area contributed by atoms with Crippen molar-refractivity contribution in [1.82, 2.24) is 14.3 Å². The molecule has 5 nitrogen and oxygen atoms in total. The Hall–Kier alpha value is -1.88. The Morgan fingerprint density at radius 2 is 2.00 bits per heavy atom. The van der Waals surface area contributed by atoms with Gasteiger partial charge in [-0.25, -0.2) is 9.48 Å². The van der Waals surface area contributed by atoms with E-state index in [4.69, 9.17) is 11.6 Å². The number of halogens is 1. The normalized spacial score (nSPS) is 14.5. The topological polar surface area (TPSA) is 56.9 Å². The van der Waals surface area contributed by atoms with Gasteiger partial charge in [-0.05, 0) is 44.0 Å². The molecule has 0 radical (unpaired) electrons. The number of Topliss-reactive ketones (excluding diaryl/α,β-unsaturated/α-hetero) is 1. The average molecular weight is 292 g/mol. The number of aromatic nitrogens is 3. The number of carbonyl (C=O) groups excluding carboxylic acids is 1. The van der Waals surface area contributed by atoms with Gasteiger partial charge in [0, 0.05) is 16.6 Å². The van der Waals surface area contributed by atoms with E-state index in [1.807, 2.05) is 12.1 Å². The molecule has 3 rings (SSSR count). The van der Waals surface area contributed by atoms with E-state index in [0.29, 0.717) is 10.8 Å². The van der Waals surface area contributed by atoms with Gasteiger partial charge in [0.25, 0.3) is 0 Å². The average Bonchev–Trinajstić information content (AvgIpc) is 3.17. The van der Waals surface area contributed by atoms with E-state index in [2.05, 4.69) is 5.10 Å². The summed E-state index contributed by atoms with van der Waals surface area (Å²) in [5, 5.41) is 4.95. The molecule has 1 fully saturated rings. The summed E-state index contributed by atoms with van der Waals surface area (Å²) >= 11 is 5.88. The largest absolute Gasteiger partial charge is 0.346 e. The van der Waals surface area contributed by atoms with Crippen molar-refractivity contribution in [1.29, 1.82) is 0 Å². The van der Waals surface area contributed by atoms with Gasteiger partial charge in [-0.15, -0.1) is 5.10 Å². The van der Waals surface area contributed by atoms with E-state index < -0.39 is 0 Å². The molecule has 0 unspecified atom stereocenters. The highest BCUT2D eigenvalue weighted by atomic mass is 35.5. The lowest BCUT2D eigenvalue weighted by Crippen LogP contribution is -2.26. The summed E-state index contributed by atoms with van der Waals surface area (Å²) in [5.74, 6) is 0.519. The lowest BCUT2D eigenvalue weighted by atomic mass is 10.2. The predicted molar refractivity (Wildman–Crippen MR) is 75.9 cm³/mol. The van der Waals surface area contributed by atoms with Crippen LogP contribution in [0.5, 0.6) is 0 Å². The van der Waals surface area contributed by atoms with Gasteiger partial charge >= 0.3 is 5.69 Å². The summed E-state index contributed by atoms with van der Waals surface area (Å²) in [6.07, 6.45) is 1.96. The molecule has 1 aromatic carbocycles. The summed E-state index contributed by atoms with van der Waals surface area (Å²) in [6, 6.07) is 7.40. The van der Waals surface area contributed by atoms with Crippen molar-refractivity contribution >= 4 is 17.4 Å². The fourth-order valence-corrected chi connectivity index (χ4v) is 2.32. The maximum absolute atomic E-state index is 12.3. The Balaban J connectivity index is 2.11. The molecule has 0 atom stereocenters. The second kappa shape index (κ2) is 4.90. The third-order valence-corrected chi connectivity index (χ3v) is 3.51. The number of benzene rings is 1. The second-order valence-electron chi connectivity index (χ2n) is 5.07. The van der Waals surface area contributed by atoms with Crippen LogP contribution in [0.1, 0.15) is 25.8 Å². The monoisotopic (exact) mass is 291 g/mol. The van der Waals surface area contributed by atoms with Gasteiger partial charge in [0.1, 0.15) is 6.54 Å². The van der Waals surface area contributed by atoms with Crippen LogP contribution in [0.2, 0.25) is 5.02 Å². The zero-order chi connectivity index (χ0) is 14.3. The van der Waals surface area contributed by atoms with E-state index in [-0.39, 0.29) is 24.1 Å². The molecule has 2 aromatic rings. The van der Waals surface area contributed by atoms with Crippen molar-refractivity contribution in [2.24, 2.45) is 0 Å². The third-order valence-electron chi connectivity index (χ3n) is 3.26. The van der Waals surface area contributed by atoms with Gasteiger partial charge in [0.2, 0.25) is 0 Å². The predicted octanol–water partition coefficient (Wildman–Crippen LogP) is 2.29. The molecule has 1 aliphatic carbocycles. The number of hydrogen-bond donors (Lipinski definition) is 0. The van der Waals surface area contributed by atoms with Gasteiger partial charge < -0.3 is 0 Å². The summed E-state index contributed by atoms with van der Waals surface area (Å²) in [4.78, 5) is 23.6. The molecule has 20 heavy (non-hydrogen) atoms. The maximum Gasteiger partial charge on any atom is 0.346 e. The summed E-state index contributed by atoms with van der Waals surface area (Å²) in [6.45, 7) is 1.46. The number of rotatable bonds is 4. The molecular formula is C14H14ClN3O2. The number of ketones is 1. The van der Waals surface area contributed by atoms with E-state index in [1.54, 1.807) is 16.7 Å². The molecule has 0 amide bonds.